The van der Waals surface area contributed by atoms with E-state index < -0.39 is 22.8 Å². The second kappa shape index (κ2) is 5.36. The lowest BCUT2D eigenvalue weighted by Crippen LogP contribution is -2.23. The predicted molar refractivity (Wildman–Crippen MR) is 65.0 cm³/mol. The number of nitrogens with zero attached hydrogens (tertiary/aromatic N) is 1. The first-order valence-electron chi connectivity index (χ1n) is 5.35. The fraction of sp³-hybridized carbons (Fsp3) is 0.545. The van der Waals surface area contributed by atoms with Gasteiger partial charge < -0.3 is 4.98 Å². The quantitative estimate of drug-likeness (QED) is 0.687. The number of hydrogen-bond acceptors (Lipinski definition) is 4. The number of thioether (sulfide) groups is 1. The van der Waals surface area contributed by atoms with Crippen LogP contribution >= 0.6 is 11.8 Å². The summed E-state index contributed by atoms with van der Waals surface area (Å²) < 4.78 is 37.3. The number of Topliss-reactive ketones (excluding diaryl/α,β-unsaturated/α-hetero) is 1. The van der Waals surface area contributed by atoms with Gasteiger partial charge in [-0.05, 0) is 0 Å². The van der Waals surface area contributed by atoms with Gasteiger partial charge in [0.05, 0.1) is 5.75 Å². The number of H-pyrrole nitrogens is 1. The average Bonchev–Trinajstić information content (AvgIpc) is 2.22. The molecule has 0 aliphatic carbocycles. The Kier molecular flexibility index (Phi) is 4.44. The maximum absolute atomic E-state index is 12.4. The summed E-state index contributed by atoms with van der Waals surface area (Å²) in [6.07, 6.45) is -4.68. The SMILES string of the molecule is CC(C)(C)C(=O)CSc1nc(C(F)(F)F)cc(=O)[nH]1. The van der Waals surface area contributed by atoms with E-state index in [-0.39, 0.29) is 16.7 Å². The Labute approximate surface area is 111 Å². The highest BCUT2D eigenvalue weighted by Gasteiger charge is 2.33. The van der Waals surface area contributed by atoms with Gasteiger partial charge in [-0.1, -0.05) is 32.5 Å². The van der Waals surface area contributed by atoms with Crippen LogP contribution in [0, 0.1) is 5.41 Å². The van der Waals surface area contributed by atoms with Gasteiger partial charge in [0.25, 0.3) is 5.56 Å². The van der Waals surface area contributed by atoms with Crippen LogP contribution in [0.25, 0.3) is 0 Å². The molecule has 1 aromatic heterocycles. The molecule has 0 spiro atoms. The number of hydrogen-bond donors (Lipinski definition) is 1. The number of nitrogens with one attached hydrogen (secondary N) is 1. The van der Waals surface area contributed by atoms with Crippen LogP contribution < -0.4 is 5.56 Å². The Bertz CT molecular complexity index is 532. The molecule has 0 fully saturated rings. The predicted octanol–water partition coefficient (Wildman–Crippen LogP) is 2.50. The second-order valence-electron chi connectivity index (χ2n) is 4.90. The number of aromatic amines is 1. The Morgan fingerprint density at radius 3 is 2.42 bits per heavy atom. The standard InChI is InChI=1S/C11H13F3N2O2S/c1-10(2,3)7(17)5-19-9-15-6(11(12,13)14)4-8(18)16-9/h4H,5H2,1-3H3,(H,15,16,18). The van der Waals surface area contributed by atoms with Crippen LogP contribution in [-0.2, 0) is 11.0 Å². The first-order chi connectivity index (χ1) is 8.50. The zero-order valence-electron chi connectivity index (χ0n) is 10.6. The fourth-order valence-electron chi connectivity index (χ4n) is 0.999. The molecule has 0 saturated carbocycles. The maximum Gasteiger partial charge on any atom is 0.433 e. The summed E-state index contributed by atoms with van der Waals surface area (Å²) >= 11 is 0.784. The van der Waals surface area contributed by atoms with Crippen molar-refractivity contribution in [2.75, 3.05) is 5.75 Å². The third kappa shape index (κ3) is 4.70. The number of ketones is 1. The Morgan fingerprint density at radius 2 is 1.95 bits per heavy atom. The molecular formula is C11H13F3N2O2S. The summed E-state index contributed by atoms with van der Waals surface area (Å²) in [5.41, 5.74) is -2.75. The van der Waals surface area contributed by atoms with Crippen LogP contribution in [0.1, 0.15) is 26.5 Å². The molecule has 1 rings (SSSR count). The van der Waals surface area contributed by atoms with Crippen LogP contribution in [-0.4, -0.2) is 21.5 Å². The number of halogens is 3. The van der Waals surface area contributed by atoms with E-state index in [1.807, 2.05) is 0 Å². The summed E-state index contributed by atoms with van der Waals surface area (Å²) in [4.78, 5) is 28.2. The molecular weight excluding hydrogens is 281 g/mol. The van der Waals surface area contributed by atoms with E-state index in [2.05, 4.69) is 9.97 Å². The van der Waals surface area contributed by atoms with E-state index in [1.54, 1.807) is 20.8 Å². The van der Waals surface area contributed by atoms with Crippen molar-refractivity contribution in [3.05, 3.63) is 22.1 Å². The van der Waals surface area contributed by atoms with Gasteiger partial charge >= 0.3 is 6.18 Å². The minimum atomic E-state index is -4.68. The van der Waals surface area contributed by atoms with E-state index in [4.69, 9.17) is 0 Å². The van der Waals surface area contributed by atoms with Crippen LogP contribution in [0.15, 0.2) is 16.0 Å². The molecule has 0 amide bonds. The average molecular weight is 294 g/mol. The van der Waals surface area contributed by atoms with E-state index in [1.165, 1.54) is 0 Å². The molecule has 1 heterocycles. The van der Waals surface area contributed by atoms with Gasteiger partial charge in [0.2, 0.25) is 0 Å². The molecule has 0 bridgehead atoms. The van der Waals surface area contributed by atoms with Crippen molar-refractivity contribution >= 4 is 17.5 Å². The van der Waals surface area contributed by atoms with E-state index in [0.29, 0.717) is 6.07 Å². The van der Waals surface area contributed by atoms with Crippen LogP contribution in [0.5, 0.6) is 0 Å². The summed E-state index contributed by atoms with van der Waals surface area (Å²) in [5.74, 6) is -0.189. The monoisotopic (exact) mass is 294 g/mol. The highest BCUT2D eigenvalue weighted by atomic mass is 32.2. The van der Waals surface area contributed by atoms with Gasteiger partial charge in [0.1, 0.15) is 5.78 Å². The first-order valence-corrected chi connectivity index (χ1v) is 6.33. The van der Waals surface area contributed by atoms with Crippen molar-refractivity contribution in [1.29, 1.82) is 0 Å². The van der Waals surface area contributed by atoms with Gasteiger partial charge in [-0.2, -0.15) is 13.2 Å². The molecule has 1 N–H and O–H groups in total. The number of carbonyl (C=O) groups is 1. The van der Waals surface area contributed by atoms with Crippen molar-refractivity contribution in [1.82, 2.24) is 9.97 Å². The van der Waals surface area contributed by atoms with Gasteiger partial charge in [0.15, 0.2) is 10.9 Å². The van der Waals surface area contributed by atoms with Crippen molar-refractivity contribution in [3.8, 4) is 0 Å². The summed E-state index contributed by atoms with van der Waals surface area (Å²) in [5, 5.41) is -0.211. The molecule has 0 aliphatic rings. The molecule has 0 atom stereocenters. The number of alkyl halides is 3. The van der Waals surface area contributed by atoms with E-state index >= 15 is 0 Å². The molecule has 1 aromatic rings. The lowest BCUT2D eigenvalue weighted by molar-refractivity contribution is -0.141. The van der Waals surface area contributed by atoms with E-state index in [0.717, 1.165) is 11.8 Å². The third-order valence-corrected chi connectivity index (χ3v) is 3.06. The minimum absolute atomic E-state index is 0.0479. The maximum atomic E-state index is 12.4. The molecule has 19 heavy (non-hydrogen) atoms. The molecule has 0 aromatic carbocycles. The molecule has 0 aliphatic heterocycles. The zero-order chi connectivity index (χ0) is 14.8. The number of rotatable bonds is 3. The van der Waals surface area contributed by atoms with Crippen molar-refractivity contribution in [2.24, 2.45) is 5.41 Å². The largest absolute Gasteiger partial charge is 0.433 e. The van der Waals surface area contributed by atoms with Crippen LogP contribution in [0.2, 0.25) is 0 Å². The molecule has 106 valence electrons. The van der Waals surface area contributed by atoms with Gasteiger partial charge in [0, 0.05) is 11.5 Å². The number of carbonyl (C=O) groups excluding carboxylic acids is 1. The Hall–Kier alpha value is -1.31. The van der Waals surface area contributed by atoms with Crippen LogP contribution in [0.4, 0.5) is 13.2 Å². The lowest BCUT2D eigenvalue weighted by atomic mass is 9.92. The fourth-order valence-corrected chi connectivity index (χ4v) is 2.04. The van der Waals surface area contributed by atoms with E-state index in [9.17, 15) is 22.8 Å². The minimum Gasteiger partial charge on any atom is -0.301 e. The normalized spacial score (nSPS) is 12.5. The van der Waals surface area contributed by atoms with Crippen LogP contribution in [0.3, 0.4) is 0 Å². The third-order valence-electron chi connectivity index (χ3n) is 2.19. The zero-order valence-corrected chi connectivity index (χ0v) is 11.4. The lowest BCUT2D eigenvalue weighted by Gasteiger charge is -2.15. The molecule has 8 heteroatoms. The molecule has 0 unspecified atom stereocenters. The van der Waals surface area contributed by atoms with Crippen molar-refractivity contribution in [3.63, 3.8) is 0 Å². The van der Waals surface area contributed by atoms with Crippen molar-refractivity contribution < 1.29 is 18.0 Å². The van der Waals surface area contributed by atoms with Gasteiger partial charge in [-0.15, -0.1) is 0 Å². The Balaban J connectivity index is 2.89. The molecule has 4 nitrogen and oxygen atoms in total. The molecule has 0 radical (unpaired) electrons. The van der Waals surface area contributed by atoms with Crippen molar-refractivity contribution in [2.45, 2.75) is 32.1 Å². The summed E-state index contributed by atoms with van der Waals surface area (Å²) in [6, 6.07) is 0.385. The molecule has 0 saturated heterocycles. The highest BCUT2D eigenvalue weighted by Crippen LogP contribution is 2.28. The summed E-state index contributed by atoms with van der Waals surface area (Å²) in [7, 11) is 0. The summed E-state index contributed by atoms with van der Waals surface area (Å²) in [6.45, 7) is 5.12. The topological polar surface area (TPSA) is 62.8 Å². The van der Waals surface area contributed by atoms with Gasteiger partial charge in [-0.25, -0.2) is 4.98 Å². The smallest absolute Gasteiger partial charge is 0.301 e. The highest BCUT2D eigenvalue weighted by molar-refractivity contribution is 7.99. The van der Waals surface area contributed by atoms with Gasteiger partial charge in [-0.3, -0.25) is 9.59 Å². The second-order valence-corrected chi connectivity index (χ2v) is 5.86. The Morgan fingerprint density at radius 1 is 1.37 bits per heavy atom. The first kappa shape index (κ1) is 15.7. The number of aromatic nitrogens is 2.